The molecule has 10 nitrogen and oxygen atoms in total. The maximum atomic E-state index is 12.5. The van der Waals surface area contributed by atoms with E-state index in [9.17, 15) is 26.4 Å². The topological polar surface area (TPSA) is 146 Å². The second-order valence-corrected chi connectivity index (χ2v) is 9.85. The molecule has 0 spiro atoms. The Morgan fingerprint density at radius 3 is 2.17 bits per heavy atom. The zero-order chi connectivity index (χ0) is 28.9. The average Bonchev–Trinajstić information content (AvgIpc) is 2.89. The summed E-state index contributed by atoms with van der Waals surface area (Å²) in [6.45, 7) is 1.90. The van der Waals surface area contributed by atoms with Crippen molar-refractivity contribution >= 4 is 33.5 Å². The number of halogens is 3. The van der Waals surface area contributed by atoms with E-state index in [1.165, 1.54) is 30.5 Å². The van der Waals surface area contributed by atoms with Crippen molar-refractivity contribution in [1.82, 2.24) is 9.97 Å². The number of hydrogen-bond acceptors (Lipinski definition) is 9. The van der Waals surface area contributed by atoms with Gasteiger partial charge in [0, 0.05) is 17.9 Å². The van der Waals surface area contributed by atoms with Gasteiger partial charge in [-0.3, -0.25) is 4.79 Å². The SMILES string of the molecule is CC(Nc1nc(Nc2ccc(OS(=O)(=O)c3ccc(OC(F)(F)F)cc3)cc2)ncc1C(N)=O)c1ccccc1. The summed E-state index contributed by atoms with van der Waals surface area (Å²) in [5.41, 5.74) is 7.00. The van der Waals surface area contributed by atoms with E-state index in [1.807, 2.05) is 37.3 Å². The number of aromatic nitrogens is 2. The number of anilines is 3. The number of alkyl halides is 3. The third kappa shape index (κ3) is 7.38. The molecule has 0 bridgehead atoms. The Labute approximate surface area is 227 Å². The summed E-state index contributed by atoms with van der Waals surface area (Å²) in [6, 6.07) is 18.6. The van der Waals surface area contributed by atoms with Gasteiger partial charge in [0.1, 0.15) is 22.2 Å². The molecule has 1 aromatic heterocycles. The Morgan fingerprint density at radius 2 is 1.57 bits per heavy atom. The van der Waals surface area contributed by atoms with Crippen molar-refractivity contribution in [2.75, 3.05) is 10.6 Å². The van der Waals surface area contributed by atoms with Crippen LogP contribution >= 0.6 is 0 Å². The molecule has 3 aromatic carbocycles. The fourth-order valence-electron chi connectivity index (χ4n) is 3.47. The summed E-state index contributed by atoms with van der Waals surface area (Å²) in [5, 5.41) is 6.10. The van der Waals surface area contributed by atoms with Gasteiger partial charge < -0.3 is 25.3 Å². The number of ether oxygens (including phenoxy) is 1. The summed E-state index contributed by atoms with van der Waals surface area (Å²) in [4.78, 5) is 20.0. The first-order valence-corrected chi connectivity index (χ1v) is 13.0. The average molecular weight is 574 g/mol. The number of carbonyl (C=O) groups excluding carboxylic acids is 1. The predicted molar refractivity (Wildman–Crippen MR) is 140 cm³/mol. The Balaban J connectivity index is 1.45. The molecule has 1 atom stereocenters. The summed E-state index contributed by atoms with van der Waals surface area (Å²) >= 11 is 0. The van der Waals surface area contributed by atoms with Gasteiger partial charge in [0.25, 0.3) is 5.91 Å². The number of primary amides is 1. The molecule has 1 amide bonds. The first-order chi connectivity index (χ1) is 18.9. The summed E-state index contributed by atoms with van der Waals surface area (Å²) in [5.74, 6) is -0.972. The molecule has 0 aliphatic carbocycles. The van der Waals surface area contributed by atoms with Crippen molar-refractivity contribution in [3.63, 3.8) is 0 Å². The van der Waals surface area contributed by atoms with Gasteiger partial charge in [0.2, 0.25) is 5.95 Å². The summed E-state index contributed by atoms with van der Waals surface area (Å²) in [7, 11) is -4.33. The van der Waals surface area contributed by atoms with Gasteiger partial charge in [-0.05, 0) is 61.0 Å². The highest BCUT2D eigenvalue weighted by molar-refractivity contribution is 7.87. The van der Waals surface area contributed by atoms with Crippen LogP contribution in [0.3, 0.4) is 0 Å². The molecule has 0 fully saturated rings. The van der Waals surface area contributed by atoms with Gasteiger partial charge in [-0.2, -0.15) is 13.4 Å². The van der Waals surface area contributed by atoms with E-state index in [0.717, 1.165) is 29.8 Å². The minimum Gasteiger partial charge on any atom is -0.406 e. The largest absolute Gasteiger partial charge is 0.573 e. The van der Waals surface area contributed by atoms with Crippen molar-refractivity contribution in [2.45, 2.75) is 24.2 Å². The van der Waals surface area contributed by atoms with Gasteiger partial charge in [0.05, 0.1) is 5.56 Å². The molecule has 4 rings (SSSR count). The number of benzene rings is 3. The molecular weight excluding hydrogens is 551 g/mol. The summed E-state index contributed by atoms with van der Waals surface area (Å²) < 4.78 is 70.8. The van der Waals surface area contributed by atoms with Crippen molar-refractivity contribution in [3.05, 3.63) is 96.2 Å². The highest BCUT2D eigenvalue weighted by Gasteiger charge is 2.31. The fraction of sp³-hybridized carbons (Fsp3) is 0.115. The molecule has 14 heteroatoms. The van der Waals surface area contributed by atoms with Crippen LogP contribution in [0.15, 0.2) is 90.0 Å². The van der Waals surface area contributed by atoms with Crippen molar-refractivity contribution in [1.29, 1.82) is 0 Å². The molecule has 0 saturated heterocycles. The Kier molecular flexibility index (Phi) is 8.09. The van der Waals surface area contributed by atoms with Crippen LogP contribution in [0.25, 0.3) is 0 Å². The second kappa shape index (κ2) is 11.5. The smallest absolute Gasteiger partial charge is 0.406 e. The number of amides is 1. The van der Waals surface area contributed by atoms with Gasteiger partial charge in [-0.1, -0.05) is 30.3 Å². The monoisotopic (exact) mass is 573 g/mol. The van der Waals surface area contributed by atoms with Crippen LogP contribution < -0.4 is 25.3 Å². The quantitative estimate of drug-likeness (QED) is 0.219. The molecule has 1 unspecified atom stereocenters. The van der Waals surface area contributed by atoms with E-state index < -0.39 is 28.1 Å². The van der Waals surface area contributed by atoms with E-state index in [1.54, 1.807) is 0 Å². The number of nitrogens with two attached hydrogens (primary N) is 1. The van der Waals surface area contributed by atoms with E-state index >= 15 is 0 Å². The lowest BCUT2D eigenvalue weighted by Gasteiger charge is -2.17. The van der Waals surface area contributed by atoms with Gasteiger partial charge >= 0.3 is 16.5 Å². The molecule has 0 aliphatic heterocycles. The lowest BCUT2D eigenvalue weighted by Crippen LogP contribution is -2.18. The number of hydrogen-bond donors (Lipinski definition) is 3. The molecule has 0 radical (unpaired) electrons. The zero-order valence-electron chi connectivity index (χ0n) is 20.7. The van der Waals surface area contributed by atoms with Gasteiger partial charge in [-0.15, -0.1) is 13.2 Å². The van der Waals surface area contributed by atoms with Crippen LogP contribution in [0.1, 0.15) is 28.9 Å². The zero-order valence-corrected chi connectivity index (χ0v) is 21.5. The van der Waals surface area contributed by atoms with Crippen LogP contribution in [0, 0.1) is 0 Å². The summed E-state index contributed by atoms with van der Waals surface area (Å²) in [6.07, 6.45) is -3.62. The number of rotatable bonds is 10. The van der Waals surface area contributed by atoms with Crippen molar-refractivity contribution < 1.29 is 35.3 Å². The van der Waals surface area contributed by atoms with Crippen molar-refractivity contribution in [2.24, 2.45) is 5.73 Å². The fourth-order valence-corrected chi connectivity index (χ4v) is 4.40. The predicted octanol–water partition coefficient (Wildman–Crippen LogP) is 5.16. The van der Waals surface area contributed by atoms with Gasteiger partial charge in [-0.25, -0.2) is 4.98 Å². The molecule has 4 N–H and O–H groups in total. The van der Waals surface area contributed by atoms with Crippen LogP contribution in [-0.4, -0.2) is 30.7 Å². The van der Waals surface area contributed by atoms with Gasteiger partial charge in [0.15, 0.2) is 0 Å². The minimum absolute atomic E-state index is 0.0507. The van der Waals surface area contributed by atoms with Crippen LogP contribution in [0.2, 0.25) is 0 Å². The van der Waals surface area contributed by atoms with Crippen LogP contribution in [0.5, 0.6) is 11.5 Å². The molecule has 40 heavy (non-hydrogen) atoms. The normalized spacial score (nSPS) is 12.3. The molecule has 208 valence electrons. The first-order valence-electron chi connectivity index (χ1n) is 11.6. The van der Waals surface area contributed by atoms with E-state index in [0.29, 0.717) is 5.69 Å². The lowest BCUT2D eigenvalue weighted by atomic mass is 10.1. The van der Waals surface area contributed by atoms with E-state index in [2.05, 4.69) is 25.3 Å². The van der Waals surface area contributed by atoms with E-state index in [-0.39, 0.29) is 34.0 Å². The maximum Gasteiger partial charge on any atom is 0.573 e. The first kappa shape index (κ1) is 28.2. The highest BCUT2D eigenvalue weighted by Crippen LogP contribution is 2.27. The number of carbonyl (C=O) groups is 1. The Morgan fingerprint density at radius 1 is 0.950 bits per heavy atom. The molecule has 0 saturated carbocycles. The highest BCUT2D eigenvalue weighted by atomic mass is 32.2. The molecular formula is C26H22F3N5O5S. The standard InChI is InChI=1S/C26H22F3N5O5S/c1-16(17-5-3-2-4-6-17)32-24-22(23(30)35)15-31-25(34-24)33-18-7-9-20(10-8-18)39-40(36,37)21-13-11-19(12-14-21)38-26(27,28)29/h2-16H,1H3,(H2,30,35)(H2,31,32,33,34). The number of nitrogens with zero attached hydrogens (tertiary/aromatic N) is 2. The minimum atomic E-state index is -4.90. The lowest BCUT2D eigenvalue weighted by molar-refractivity contribution is -0.274. The third-order valence-electron chi connectivity index (χ3n) is 5.37. The molecule has 1 heterocycles. The molecule has 4 aromatic rings. The Bertz CT molecular complexity index is 1580. The number of nitrogens with one attached hydrogen (secondary N) is 2. The van der Waals surface area contributed by atoms with Crippen LogP contribution in [0.4, 0.5) is 30.6 Å². The van der Waals surface area contributed by atoms with Crippen LogP contribution in [-0.2, 0) is 10.1 Å². The van der Waals surface area contributed by atoms with E-state index in [4.69, 9.17) is 9.92 Å². The third-order valence-corrected chi connectivity index (χ3v) is 6.63. The maximum absolute atomic E-state index is 12.5. The van der Waals surface area contributed by atoms with Crippen molar-refractivity contribution in [3.8, 4) is 11.5 Å². The second-order valence-electron chi connectivity index (χ2n) is 8.30. The molecule has 0 aliphatic rings. The Hall–Kier alpha value is -4.85.